The number of amides is 2. The van der Waals surface area contributed by atoms with Crippen molar-refractivity contribution < 1.29 is 53.5 Å². The lowest BCUT2D eigenvalue weighted by atomic mass is 9.77. The number of aromatic nitrogens is 2. The quantitative estimate of drug-likeness (QED) is 0.205. The zero-order valence-corrected chi connectivity index (χ0v) is 24.3. The van der Waals surface area contributed by atoms with Gasteiger partial charge in [-0.15, -0.1) is 0 Å². The lowest BCUT2D eigenvalue weighted by molar-refractivity contribution is -0.202. The Balaban J connectivity index is 1.76. The number of benzene rings is 1. The van der Waals surface area contributed by atoms with Gasteiger partial charge in [0, 0.05) is 42.8 Å². The van der Waals surface area contributed by atoms with Crippen LogP contribution >= 0.6 is 0 Å². The molecule has 1 aliphatic heterocycles. The standard InChI is InChI=1S/C27H29F7N4O5S/c1-15(2)14-38-10-8-21(36-38)18-13-25(27(32,33)34,35-23(39)22(18)24(40)37-44(41,42)17-5-6-17)19-7-4-16(12-20(19)28)43-11-3-9-26(29,30)31/h4,7-8,10,12,15,17H,3,5-6,9,11,13-14H2,1-2H3,(H,35,39)(H,37,40)/t25-/m0/s1. The van der Waals surface area contributed by atoms with Gasteiger partial charge in [-0.1, -0.05) is 13.8 Å². The molecule has 1 atom stereocenters. The Morgan fingerprint density at radius 3 is 2.43 bits per heavy atom. The fraction of sp³-hybridized carbons (Fsp3) is 0.519. The topological polar surface area (TPSA) is 119 Å². The third-order valence-corrected chi connectivity index (χ3v) is 8.80. The maximum Gasteiger partial charge on any atom is 0.416 e. The van der Waals surface area contributed by atoms with Crippen molar-refractivity contribution in [1.29, 1.82) is 0 Å². The predicted molar refractivity (Wildman–Crippen MR) is 142 cm³/mol. The normalized spacial score (nSPS) is 19.7. The lowest BCUT2D eigenvalue weighted by Crippen LogP contribution is -2.60. The number of halogens is 7. The molecule has 44 heavy (non-hydrogen) atoms. The second kappa shape index (κ2) is 12.0. The van der Waals surface area contributed by atoms with E-state index in [1.54, 1.807) is 10.0 Å². The highest BCUT2D eigenvalue weighted by Gasteiger charge is 2.61. The zero-order valence-electron chi connectivity index (χ0n) is 23.5. The van der Waals surface area contributed by atoms with E-state index in [2.05, 4.69) is 5.10 Å². The Morgan fingerprint density at radius 1 is 1.18 bits per heavy atom. The molecule has 0 unspecified atom stereocenters. The molecule has 0 bridgehead atoms. The van der Waals surface area contributed by atoms with Gasteiger partial charge in [-0.3, -0.25) is 14.3 Å². The largest absolute Gasteiger partial charge is 0.493 e. The molecule has 4 rings (SSSR count). The minimum atomic E-state index is -5.37. The molecule has 1 aromatic carbocycles. The first-order valence-electron chi connectivity index (χ1n) is 13.5. The predicted octanol–water partition coefficient (Wildman–Crippen LogP) is 4.74. The maximum atomic E-state index is 15.4. The average molecular weight is 655 g/mol. The SMILES string of the molecule is CC(C)Cn1ccc(C2=C(C(=O)NS(=O)(=O)C3CC3)C(=O)N[C@@](c3ccc(OCCCC(F)(F)F)cc3F)(C(F)(F)F)C2)n1. The Morgan fingerprint density at radius 2 is 1.86 bits per heavy atom. The van der Waals surface area contributed by atoms with Gasteiger partial charge in [0.1, 0.15) is 17.1 Å². The molecule has 2 N–H and O–H groups in total. The van der Waals surface area contributed by atoms with Crippen LogP contribution in [0.5, 0.6) is 5.75 Å². The van der Waals surface area contributed by atoms with E-state index in [0.717, 1.165) is 6.07 Å². The fourth-order valence-corrected chi connectivity index (χ4v) is 6.05. The van der Waals surface area contributed by atoms with Crippen LogP contribution in [0.3, 0.4) is 0 Å². The van der Waals surface area contributed by atoms with Crippen LogP contribution in [0.25, 0.3) is 5.57 Å². The molecule has 17 heteroatoms. The first kappa shape index (κ1) is 33.3. The van der Waals surface area contributed by atoms with Gasteiger partial charge in [0.05, 0.1) is 17.6 Å². The summed E-state index contributed by atoms with van der Waals surface area (Å²) in [4.78, 5) is 26.5. The van der Waals surface area contributed by atoms with E-state index in [1.165, 1.54) is 16.9 Å². The van der Waals surface area contributed by atoms with Gasteiger partial charge in [0.15, 0.2) is 5.54 Å². The third-order valence-electron chi connectivity index (χ3n) is 6.98. The number of nitrogens with one attached hydrogen (secondary N) is 2. The Labute approximate surface area is 247 Å². The molecule has 2 aliphatic rings. The molecule has 2 heterocycles. The van der Waals surface area contributed by atoms with Gasteiger partial charge in [-0.25, -0.2) is 17.5 Å². The number of carbonyl (C=O) groups is 2. The molecule has 1 fully saturated rings. The Kier molecular flexibility index (Phi) is 9.11. The van der Waals surface area contributed by atoms with E-state index < -0.39 is 93.4 Å². The minimum Gasteiger partial charge on any atom is -0.493 e. The molecule has 0 radical (unpaired) electrons. The third kappa shape index (κ3) is 7.35. The van der Waals surface area contributed by atoms with Gasteiger partial charge in [0.2, 0.25) is 10.0 Å². The average Bonchev–Trinajstić information content (AvgIpc) is 3.65. The summed E-state index contributed by atoms with van der Waals surface area (Å²) < 4.78 is 130. The van der Waals surface area contributed by atoms with E-state index >= 15 is 4.39 Å². The second-order valence-electron chi connectivity index (χ2n) is 11.1. The summed E-state index contributed by atoms with van der Waals surface area (Å²) in [7, 11) is -4.21. The van der Waals surface area contributed by atoms with Crippen molar-refractivity contribution in [2.45, 2.75) is 75.6 Å². The van der Waals surface area contributed by atoms with Crippen LogP contribution in [-0.4, -0.2) is 54.2 Å². The molecule has 2 amide bonds. The van der Waals surface area contributed by atoms with Crippen LogP contribution in [0.15, 0.2) is 36.0 Å². The molecule has 0 spiro atoms. The van der Waals surface area contributed by atoms with Crippen LogP contribution in [0, 0.1) is 11.7 Å². The number of alkyl halides is 6. The molecule has 1 aliphatic carbocycles. The van der Waals surface area contributed by atoms with Crippen molar-refractivity contribution in [3.05, 3.63) is 53.1 Å². The number of sulfonamides is 1. The van der Waals surface area contributed by atoms with Crippen LogP contribution in [0.4, 0.5) is 30.7 Å². The summed E-state index contributed by atoms with van der Waals surface area (Å²) in [5, 5.41) is 5.02. The lowest BCUT2D eigenvalue weighted by Gasteiger charge is -2.41. The first-order valence-corrected chi connectivity index (χ1v) is 15.1. The van der Waals surface area contributed by atoms with Gasteiger partial charge in [-0.2, -0.15) is 31.4 Å². The van der Waals surface area contributed by atoms with Crippen molar-refractivity contribution in [2.24, 2.45) is 5.92 Å². The summed E-state index contributed by atoms with van der Waals surface area (Å²) >= 11 is 0. The number of hydrogen-bond acceptors (Lipinski definition) is 6. The Hall–Kier alpha value is -3.63. The van der Waals surface area contributed by atoms with Crippen molar-refractivity contribution >= 4 is 27.4 Å². The monoisotopic (exact) mass is 654 g/mol. The number of nitrogens with zero attached hydrogens (tertiary/aromatic N) is 2. The van der Waals surface area contributed by atoms with Crippen LogP contribution in [0.2, 0.25) is 0 Å². The zero-order chi connectivity index (χ0) is 32.7. The smallest absolute Gasteiger partial charge is 0.416 e. The van der Waals surface area contributed by atoms with Gasteiger partial charge in [0.25, 0.3) is 11.8 Å². The molecule has 242 valence electrons. The van der Waals surface area contributed by atoms with Gasteiger partial charge >= 0.3 is 12.4 Å². The molecule has 1 saturated carbocycles. The number of carbonyl (C=O) groups excluding carboxylic acids is 2. The van der Waals surface area contributed by atoms with Gasteiger partial charge in [-0.05, 0) is 43.4 Å². The van der Waals surface area contributed by atoms with Crippen LogP contribution < -0.4 is 14.8 Å². The van der Waals surface area contributed by atoms with Crippen LogP contribution in [0.1, 0.15) is 57.2 Å². The first-order chi connectivity index (χ1) is 20.3. The van der Waals surface area contributed by atoms with Crippen molar-refractivity contribution in [2.75, 3.05) is 6.61 Å². The maximum absolute atomic E-state index is 15.4. The Bertz CT molecular complexity index is 1560. The molecular formula is C27H29F7N4O5S. The van der Waals surface area contributed by atoms with E-state index in [4.69, 9.17) is 4.74 Å². The summed E-state index contributed by atoms with van der Waals surface area (Å²) in [5.74, 6) is -4.86. The highest BCUT2D eigenvalue weighted by molar-refractivity contribution is 7.91. The van der Waals surface area contributed by atoms with E-state index in [-0.39, 0.29) is 30.2 Å². The van der Waals surface area contributed by atoms with Crippen molar-refractivity contribution in [3.63, 3.8) is 0 Å². The van der Waals surface area contributed by atoms with Crippen molar-refractivity contribution in [3.8, 4) is 5.75 Å². The summed E-state index contributed by atoms with van der Waals surface area (Å²) in [6.07, 6.45) is -10.8. The van der Waals surface area contributed by atoms with Gasteiger partial charge < -0.3 is 10.1 Å². The minimum absolute atomic E-state index is 0.0513. The number of hydrogen-bond donors (Lipinski definition) is 2. The van der Waals surface area contributed by atoms with Crippen molar-refractivity contribution in [1.82, 2.24) is 19.8 Å². The fourth-order valence-electron chi connectivity index (χ4n) is 4.77. The van der Waals surface area contributed by atoms with E-state index in [1.807, 2.05) is 13.8 Å². The summed E-state index contributed by atoms with van der Waals surface area (Å²) in [6.45, 7) is 3.52. The van der Waals surface area contributed by atoms with E-state index in [0.29, 0.717) is 18.7 Å². The highest BCUT2D eigenvalue weighted by atomic mass is 32.2. The van der Waals surface area contributed by atoms with Crippen LogP contribution in [-0.2, 0) is 31.7 Å². The molecule has 0 saturated heterocycles. The second-order valence-corrected chi connectivity index (χ2v) is 13.0. The molecule has 9 nitrogen and oxygen atoms in total. The molecule has 2 aromatic rings. The summed E-state index contributed by atoms with van der Waals surface area (Å²) in [6, 6.07) is 3.40. The van der Waals surface area contributed by atoms with E-state index in [9.17, 15) is 44.3 Å². The molecular weight excluding hydrogens is 625 g/mol. The molecule has 1 aromatic heterocycles. The number of rotatable bonds is 11. The number of ether oxygens (including phenoxy) is 1. The highest BCUT2D eigenvalue weighted by Crippen LogP contribution is 2.49. The summed E-state index contributed by atoms with van der Waals surface area (Å²) in [5.41, 5.74) is -6.23.